The van der Waals surface area contributed by atoms with Crippen molar-refractivity contribution in [2.45, 2.75) is 0 Å². The maximum absolute atomic E-state index is 6.29. The van der Waals surface area contributed by atoms with Gasteiger partial charge in [0.15, 0.2) is 0 Å². The number of nitrogens with zero attached hydrogens (tertiary/aromatic N) is 2. The first kappa shape index (κ1) is 28.0. The Morgan fingerprint density at radius 3 is 1.63 bits per heavy atom. The van der Waals surface area contributed by atoms with Crippen molar-refractivity contribution in [1.82, 2.24) is 9.13 Å². The molecule has 0 amide bonds. The summed E-state index contributed by atoms with van der Waals surface area (Å²) < 4.78 is 11.1. The smallest absolute Gasteiger partial charge is 0.136 e. The minimum Gasteiger partial charge on any atom is -0.456 e. The van der Waals surface area contributed by atoms with Gasteiger partial charge in [0.05, 0.1) is 22.1 Å². The molecule has 11 aromatic rings. The molecule has 238 valence electrons. The van der Waals surface area contributed by atoms with Crippen molar-refractivity contribution in [2.24, 2.45) is 0 Å². The van der Waals surface area contributed by atoms with Gasteiger partial charge < -0.3 is 13.6 Å². The van der Waals surface area contributed by atoms with Gasteiger partial charge in [-0.1, -0.05) is 115 Å². The quantitative estimate of drug-likeness (QED) is 0.186. The molecule has 3 heteroatoms. The van der Waals surface area contributed by atoms with Crippen LogP contribution >= 0.6 is 0 Å². The number of fused-ring (bicyclic) bond motifs is 9. The first-order valence-electron chi connectivity index (χ1n) is 17.4. The summed E-state index contributed by atoms with van der Waals surface area (Å²) >= 11 is 0. The van der Waals surface area contributed by atoms with Crippen molar-refractivity contribution in [3.63, 3.8) is 0 Å². The number of benzene rings is 8. The van der Waals surface area contributed by atoms with E-state index in [0.717, 1.165) is 33.3 Å². The van der Waals surface area contributed by atoms with Crippen LogP contribution in [0.25, 0.3) is 99.2 Å². The molecule has 8 aromatic carbocycles. The third-order valence-corrected chi connectivity index (χ3v) is 10.5. The van der Waals surface area contributed by atoms with E-state index in [-0.39, 0.29) is 0 Å². The number of hydrogen-bond acceptors (Lipinski definition) is 1. The molecule has 0 saturated carbocycles. The van der Waals surface area contributed by atoms with Crippen molar-refractivity contribution in [3.05, 3.63) is 182 Å². The lowest BCUT2D eigenvalue weighted by atomic mass is 10.0. The van der Waals surface area contributed by atoms with E-state index in [2.05, 4.69) is 179 Å². The fourth-order valence-corrected chi connectivity index (χ4v) is 8.15. The van der Waals surface area contributed by atoms with E-state index in [1.165, 1.54) is 65.9 Å². The molecule has 0 N–H and O–H groups in total. The van der Waals surface area contributed by atoms with Gasteiger partial charge in [-0.15, -0.1) is 0 Å². The average Bonchev–Trinajstić information content (AvgIpc) is 3.84. The molecule has 0 bridgehead atoms. The van der Waals surface area contributed by atoms with E-state index >= 15 is 0 Å². The van der Waals surface area contributed by atoms with Crippen LogP contribution in [0.3, 0.4) is 0 Å². The van der Waals surface area contributed by atoms with E-state index < -0.39 is 0 Å². The summed E-state index contributed by atoms with van der Waals surface area (Å²) in [6.45, 7) is 0. The molecule has 3 aromatic heterocycles. The highest BCUT2D eigenvalue weighted by Crippen LogP contribution is 2.39. The van der Waals surface area contributed by atoms with Crippen LogP contribution < -0.4 is 0 Å². The van der Waals surface area contributed by atoms with E-state index in [0.29, 0.717) is 0 Å². The molecule has 0 spiro atoms. The fraction of sp³-hybridized carbons (Fsp3) is 0. The number of rotatable bonds is 4. The van der Waals surface area contributed by atoms with Crippen LogP contribution in [-0.4, -0.2) is 9.13 Å². The minimum atomic E-state index is 0.918. The Kier molecular flexibility index (Phi) is 5.96. The standard InChI is InChI=1S/C48H30N2O/c1-2-11-31(12-3-1)33-13-10-14-36(27-33)50-44-19-8-4-15-37(44)40-28-34(23-26-45(40)50)32-21-24-35(25-22-32)49-43-18-7-5-16-38(43)41-30-48-42(29-46(41)49)39-17-6-9-20-47(39)51-48/h1-30H. The Bertz CT molecular complexity index is 3120. The van der Waals surface area contributed by atoms with E-state index in [1.807, 2.05) is 12.1 Å². The number of para-hydroxylation sites is 3. The predicted molar refractivity (Wildman–Crippen MR) is 213 cm³/mol. The second-order valence-electron chi connectivity index (χ2n) is 13.4. The minimum absolute atomic E-state index is 0.918. The molecule has 3 nitrogen and oxygen atoms in total. The molecule has 0 fully saturated rings. The van der Waals surface area contributed by atoms with Crippen LogP contribution in [0.5, 0.6) is 0 Å². The molecule has 0 saturated heterocycles. The molecular formula is C48H30N2O. The highest BCUT2D eigenvalue weighted by molar-refractivity contribution is 6.17. The van der Waals surface area contributed by atoms with Gasteiger partial charge in [-0.2, -0.15) is 0 Å². The first-order chi connectivity index (χ1) is 25.3. The van der Waals surface area contributed by atoms with Crippen molar-refractivity contribution < 1.29 is 4.42 Å². The highest BCUT2D eigenvalue weighted by atomic mass is 16.3. The zero-order valence-electron chi connectivity index (χ0n) is 27.6. The normalized spacial score (nSPS) is 11.9. The summed E-state index contributed by atoms with van der Waals surface area (Å²) in [7, 11) is 0. The maximum atomic E-state index is 6.29. The maximum Gasteiger partial charge on any atom is 0.136 e. The van der Waals surface area contributed by atoms with Crippen LogP contribution in [0.1, 0.15) is 0 Å². The fourth-order valence-electron chi connectivity index (χ4n) is 8.15. The predicted octanol–water partition coefficient (Wildman–Crippen LogP) is 13.1. The topological polar surface area (TPSA) is 23.0 Å². The number of aromatic nitrogens is 2. The van der Waals surface area contributed by atoms with E-state index in [9.17, 15) is 0 Å². The zero-order chi connectivity index (χ0) is 33.5. The Labute approximate surface area is 293 Å². The van der Waals surface area contributed by atoms with E-state index in [1.54, 1.807) is 0 Å². The lowest BCUT2D eigenvalue weighted by Crippen LogP contribution is -1.94. The molecule has 3 heterocycles. The summed E-state index contributed by atoms with van der Waals surface area (Å²) in [5, 5.41) is 7.18. The second-order valence-corrected chi connectivity index (χ2v) is 13.4. The van der Waals surface area contributed by atoms with E-state index in [4.69, 9.17) is 4.42 Å². The van der Waals surface area contributed by atoms with Gasteiger partial charge in [-0.3, -0.25) is 0 Å². The Hall–Kier alpha value is -6.84. The Morgan fingerprint density at radius 1 is 0.275 bits per heavy atom. The number of furan rings is 1. The van der Waals surface area contributed by atoms with Crippen LogP contribution in [0.15, 0.2) is 186 Å². The SMILES string of the molecule is c1ccc(-c2cccc(-n3c4ccccc4c4cc(-c5ccc(-n6c7ccccc7c7cc8oc9ccccc9c8cc76)cc5)ccc43)c2)cc1. The molecule has 0 radical (unpaired) electrons. The molecule has 0 unspecified atom stereocenters. The average molecular weight is 651 g/mol. The molecule has 51 heavy (non-hydrogen) atoms. The summed E-state index contributed by atoms with van der Waals surface area (Å²) in [6, 6.07) is 65.5. The van der Waals surface area contributed by atoms with Crippen molar-refractivity contribution in [1.29, 1.82) is 0 Å². The summed E-state index contributed by atoms with van der Waals surface area (Å²) in [6.07, 6.45) is 0. The monoisotopic (exact) mass is 650 g/mol. The Morgan fingerprint density at radius 2 is 0.843 bits per heavy atom. The number of hydrogen-bond donors (Lipinski definition) is 0. The molecular weight excluding hydrogens is 621 g/mol. The molecule has 0 aliphatic rings. The largest absolute Gasteiger partial charge is 0.456 e. The highest BCUT2D eigenvalue weighted by Gasteiger charge is 2.17. The van der Waals surface area contributed by atoms with Crippen LogP contribution in [0.2, 0.25) is 0 Å². The van der Waals surface area contributed by atoms with Gasteiger partial charge in [0, 0.05) is 43.7 Å². The van der Waals surface area contributed by atoms with Gasteiger partial charge >= 0.3 is 0 Å². The summed E-state index contributed by atoms with van der Waals surface area (Å²) in [5.41, 5.74) is 13.7. The molecule has 11 rings (SSSR count). The zero-order valence-corrected chi connectivity index (χ0v) is 27.6. The van der Waals surface area contributed by atoms with Crippen molar-refractivity contribution in [2.75, 3.05) is 0 Å². The van der Waals surface area contributed by atoms with Crippen LogP contribution in [0, 0.1) is 0 Å². The van der Waals surface area contributed by atoms with Crippen LogP contribution in [-0.2, 0) is 0 Å². The third kappa shape index (κ3) is 4.25. The molecule has 0 atom stereocenters. The van der Waals surface area contributed by atoms with Gasteiger partial charge in [0.1, 0.15) is 11.2 Å². The van der Waals surface area contributed by atoms with Crippen molar-refractivity contribution in [3.8, 4) is 33.6 Å². The summed E-state index contributed by atoms with van der Waals surface area (Å²) in [4.78, 5) is 0. The van der Waals surface area contributed by atoms with Crippen molar-refractivity contribution >= 4 is 65.6 Å². The Balaban J connectivity index is 1.04. The van der Waals surface area contributed by atoms with Gasteiger partial charge in [0.2, 0.25) is 0 Å². The first-order valence-corrected chi connectivity index (χ1v) is 17.4. The second kappa shape index (κ2) is 10.8. The summed E-state index contributed by atoms with van der Waals surface area (Å²) in [5.74, 6) is 0. The molecule has 0 aliphatic heterocycles. The van der Waals surface area contributed by atoms with Gasteiger partial charge in [-0.05, 0) is 89.0 Å². The van der Waals surface area contributed by atoms with Crippen LogP contribution in [0.4, 0.5) is 0 Å². The van der Waals surface area contributed by atoms with Gasteiger partial charge in [-0.25, -0.2) is 0 Å². The third-order valence-electron chi connectivity index (χ3n) is 10.5. The lowest BCUT2D eigenvalue weighted by molar-refractivity contribution is 0.669. The molecule has 0 aliphatic carbocycles. The van der Waals surface area contributed by atoms with Gasteiger partial charge in [0.25, 0.3) is 0 Å². The lowest BCUT2D eigenvalue weighted by Gasteiger charge is -2.11.